The summed E-state index contributed by atoms with van der Waals surface area (Å²) in [5.41, 5.74) is 0.100. The van der Waals surface area contributed by atoms with Crippen molar-refractivity contribution in [3.63, 3.8) is 0 Å². The van der Waals surface area contributed by atoms with Gasteiger partial charge in [0.2, 0.25) is 0 Å². The number of anilines is 1. The van der Waals surface area contributed by atoms with Gasteiger partial charge in [-0.05, 0) is 42.0 Å². The summed E-state index contributed by atoms with van der Waals surface area (Å²) in [6, 6.07) is 13.6. The van der Waals surface area contributed by atoms with Gasteiger partial charge in [0.15, 0.2) is 6.10 Å². The first kappa shape index (κ1) is 23.2. The lowest BCUT2D eigenvalue weighted by molar-refractivity contribution is -0.137. The van der Waals surface area contributed by atoms with E-state index in [1.54, 1.807) is 24.3 Å². The fraction of sp³-hybridized carbons (Fsp3) is 0.217. The summed E-state index contributed by atoms with van der Waals surface area (Å²) in [6.45, 7) is 0.0304. The van der Waals surface area contributed by atoms with E-state index in [2.05, 4.69) is 4.98 Å². The smallest absolute Gasteiger partial charge is 0.417 e. The highest BCUT2D eigenvalue weighted by Gasteiger charge is 2.31. The Balaban J connectivity index is 1.85. The summed E-state index contributed by atoms with van der Waals surface area (Å²) >= 11 is 0. The van der Waals surface area contributed by atoms with Crippen molar-refractivity contribution in [3.05, 3.63) is 89.5 Å². The normalized spacial score (nSPS) is 12.3. The van der Waals surface area contributed by atoms with Gasteiger partial charge in [-0.1, -0.05) is 18.2 Å². The molecular formula is C23H20F4N2O3. The van der Waals surface area contributed by atoms with E-state index in [1.165, 1.54) is 30.2 Å². The molecule has 9 heteroatoms. The third kappa shape index (κ3) is 5.61. The van der Waals surface area contributed by atoms with Crippen molar-refractivity contribution < 1.29 is 32.2 Å². The zero-order valence-corrected chi connectivity index (χ0v) is 17.0. The number of methoxy groups -OCH3 is 1. The fourth-order valence-electron chi connectivity index (χ4n) is 3.05. The zero-order chi connectivity index (χ0) is 23.3. The van der Waals surface area contributed by atoms with Crippen LogP contribution in [0.3, 0.4) is 0 Å². The zero-order valence-electron chi connectivity index (χ0n) is 17.0. The lowest BCUT2D eigenvalue weighted by Gasteiger charge is -2.26. The highest BCUT2D eigenvalue weighted by molar-refractivity contribution is 5.97. The Hall–Kier alpha value is -3.46. The number of hydrogen-bond donors (Lipinski definition) is 1. The van der Waals surface area contributed by atoms with Crippen LogP contribution in [0, 0.1) is 5.82 Å². The Labute approximate surface area is 181 Å². The Bertz CT molecular complexity index is 1050. The highest BCUT2D eigenvalue weighted by Crippen LogP contribution is 2.29. The van der Waals surface area contributed by atoms with E-state index in [0.717, 1.165) is 24.4 Å². The molecule has 0 bridgehead atoms. The van der Waals surface area contributed by atoms with Crippen molar-refractivity contribution in [1.82, 2.24) is 4.98 Å². The van der Waals surface area contributed by atoms with E-state index < -0.39 is 29.6 Å². The van der Waals surface area contributed by atoms with Crippen LogP contribution >= 0.6 is 0 Å². The SMILES string of the molecule is COc1cccc(N(CCc2ccc(C(F)(F)F)cn2)C(=O)[C@@H](O)c2ccc(F)cc2)c1. The molecule has 168 valence electrons. The van der Waals surface area contributed by atoms with E-state index in [1.807, 2.05) is 0 Å². The van der Waals surface area contributed by atoms with E-state index in [-0.39, 0.29) is 18.5 Å². The molecule has 0 saturated carbocycles. The molecule has 0 radical (unpaired) electrons. The number of carbonyl (C=O) groups is 1. The van der Waals surface area contributed by atoms with Gasteiger partial charge in [-0.2, -0.15) is 13.2 Å². The van der Waals surface area contributed by atoms with Gasteiger partial charge in [-0.15, -0.1) is 0 Å². The largest absolute Gasteiger partial charge is 0.497 e. The van der Waals surface area contributed by atoms with Crippen molar-refractivity contribution in [2.75, 3.05) is 18.6 Å². The van der Waals surface area contributed by atoms with E-state index in [4.69, 9.17) is 4.74 Å². The van der Waals surface area contributed by atoms with Gasteiger partial charge in [-0.3, -0.25) is 9.78 Å². The Morgan fingerprint density at radius 2 is 1.84 bits per heavy atom. The van der Waals surface area contributed by atoms with E-state index in [0.29, 0.717) is 17.1 Å². The first-order valence-electron chi connectivity index (χ1n) is 9.60. The second-order valence-corrected chi connectivity index (χ2v) is 6.93. The number of pyridine rings is 1. The predicted molar refractivity (Wildman–Crippen MR) is 110 cm³/mol. The van der Waals surface area contributed by atoms with Crippen molar-refractivity contribution in [2.24, 2.45) is 0 Å². The Kier molecular flexibility index (Phi) is 7.09. The molecule has 0 unspecified atom stereocenters. The highest BCUT2D eigenvalue weighted by atomic mass is 19.4. The number of benzene rings is 2. The molecule has 0 aliphatic rings. The third-order valence-electron chi connectivity index (χ3n) is 4.79. The van der Waals surface area contributed by atoms with Crippen LogP contribution in [0.25, 0.3) is 0 Å². The molecule has 1 amide bonds. The van der Waals surface area contributed by atoms with Gasteiger partial charge in [-0.25, -0.2) is 4.39 Å². The van der Waals surface area contributed by atoms with Crippen LogP contribution in [0.15, 0.2) is 66.9 Å². The lowest BCUT2D eigenvalue weighted by atomic mass is 10.1. The van der Waals surface area contributed by atoms with Crippen LogP contribution in [0.4, 0.5) is 23.2 Å². The summed E-state index contributed by atoms with van der Waals surface area (Å²) in [5.74, 6) is -0.715. The molecule has 1 N–H and O–H groups in total. The summed E-state index contributed by atoms with van der Waals surface area (Å²) < 4.78 is 56.6. The number of amides is 1. The standard InChI is InChI=1S/C23H20F4N2O3/c1-32-20-4-2-3-19(13-20)29(22(31)21(30)15-5-8-17(24)9-6-15)12-11-18-10-7-16(14-28-18)23(25,26)27/h2-10,13-14,21,30H,11-12H2,1H3/t21-/m0/s1. The molecule has 1 aromatic heterocycles. The first-order valence-corrected chi connectivity index (χ1v) is 9.60. The molecule has 1 atom stereocenters. The van der Waals surface area contributed by atoms with Crippen LogP contribution in [0.5, 0.6) is 5.75 Å². The summed E-state index contributed by atoms with van der Waals surface area (Å²) in [7, 11) is 1.46. The number of nitrogens with zero attached hydrogens (tertiary/aromatic N) is 2. The minimum absolute atomic E-state index is 0.0304. The van der Waals surface area contributed by atoms with Crippen molar-refractivity contribution in [2.45, 2.75) is 18.7 Å². The molecule has 0 saturated heterocycles. The minimum atomic E-state index is -4.49. The van der Waals surface area contributed by atoms with Crippen molar-refractivity contribution >= 4 is 11.6 Å². The molecule has 32 heavy (non-hydrogen) atoms. The van der Waals surface area contributed by atoms with Crippen LogP contribution in [-0.4, -0.2) is 29.7 Å². The lowest BCUT2D eigenvalue weighted by Crippen LogP contribution is -2.37. The number of aliphatic hydroxyl groups is 1. The maximum absolute atomic E-state index is 13.2. The van der Waals surface area contributed by atoms with Crippen molar-refractivity contribution in [1.29, 1.82) is 0 Å². The number of halogens is 4. The number of ether oxygens (including phenoxy) is 1. The minimum Gasteiger partial charge on any atom is -0.497 e. The number of aliphatic hydroxyl groups excluding tert-OH is 1. The molecule has 3 rings (SSSR count). The maximum Gasteiger partial charge on any atom is 0.417 e. The summed E-state index contributed by atoms with van der Waals surface area (Å²) in [6.07, 6.45) is -5.19. The fourth-order valence-corrected chi connectivity index (χ4v) is 3.05. The number of rotatable bonds is 7. The predicted octanol–water partition coefficient (Wildman–Crippen LogP) is 4.56. The monoisotopic (exact) mass is 448 g/mol. The van der Waals surface area contributed by atoms with Gasteiger partial charge in [0.1, 0.15) is 11.6 Å². The van der Waals surface area contributed by atoms with Crippen LogP contribution in [0.2, 0.25) is 0 Å². The van der Waals surface area contributed by atoms with E-state index >= 15 is 0 Å². The van der Waals surface area contributed by atoms with Gasteiger partial charge in [0.25, 0.3) is 5.91 Å². The molecule has 2 aromatic carbocycles. The molecular weight excluding hydrogens is 428 g/mol. The van der Waals surface area contributed by atoms with Gasteiger partial charge in [0, 0.05) is 36.6 Å². The molecule has 0 aliphatic carbocycles. The maximum atomic E-state index is 13.2. The quantitative estimate of drug-likeness (QED) is 0.539. The summed E-state index contributed by atoms with van der Waals surface area (Å²) in [4.78, 5) is 18.2. The van der Waals surface area contributed by atoms with Crippen LogP contribution in [0.1, 0.15) is 22.9 Å². The molecule has 5 nitrogen and oxygen atoms in total. The topological polar surface area (TPSA) is 62.7 Å². The average Bonchev–Trinajstić information content (AvgIpc) is 2.79. The first-order chi connectivity index (χ1) is 15.2. The van der Waals surface area contributed by atoms with Gasteiger partial charge in [0.05, 0.1) is 12.7 Å². The van der Waals surface area contributed by atoms with Crippen molar-refractivity contribution in [3.8, 4) is 5.75 Å². The molecule has 0 aliphatic heterocycles. The molecule has 0 spiro atoms. The summed E-state index contributed by atoms with van der Waals surface area (Å²) in [5, 5.41) is 10.6. The second kappa shape index (κ2) is 9.78. The number of alkyl halides is 3. The van der Waals surface area contributed by atoms with E-state index in [9.17, 15) is 27.5 Å². The molecule has 1 heterocycles. The Morgan fingerprint density at radius 3 is 2.44 bits per heavy atom. The van der Waals surface area contributed by atoms with Gasteiger partial charge < -0.3 is 14.7 Å². The molecule has 3 aromatic rings. The van der Waals surface area contributed by atoms with Gasteiger partial charge >= 0.3 is 6.18 Å². The van der Waals surface area contributed by atoms with Crippen LogP contribution < -0.4 is 9.64 Å². The molecule has 0 fully saturated rings. The Morgan fingerprint density at radius 1 is 1.12 bits per heavy atom. The number of carbonyl (C=O) groups excluding carboxylic acids is 1. The third-order valence-corrected chi connectivity index (χ3v) is 4.79. The number of hydrogen-bond acceptors (Lipinski definition) is 4. The average molecular weight is 448 g/mol. The second-order valence-electron chi connectivity index (χ2n) is 6.93. The van der Waals surface area contributed by atoms with Crippen LogP contribution in [-0.2, 0) is 17.4 Å². The number of aromatic nitrogens is 1.